The molecule has 6 nitrogen and oxygen atoms in total. The van der Waals surface area contributed by atoms with Crippen molar-refractivity contribution in [1.29, 1.82) is 0 Å². The number of urea groups is 1. The SMILES string of the molecule is COC(=O)C1CC12CCN(C(=O)NC1C3CCOC3C13CCCC3)CC2. The molecule has 0 aromatic rings. The number of ether oxygens (including phenoxy) is 2. The molecule has 5 fully saturated rings. The van der Waals surface area contributed by atoms with Crippen molar-refractivity contribution in [2.45, 2.75) is 63.5 Å². The fourth-order valence-electron chi connectivity index (χ4n) is 6.66. The second-order valence-electron chi connectivity index (χ2n) is 9.24. The lowest BCUT2D eigenvalue weighted by atomic mass is 9.54. The number of hydrogen-bond acceptors (Lipinski definition) is 4. The average Bonchev–Trinajstić information content (AvgIpc) is 3.06. The van der Waals surface area contributed by atoms with Crippen LogP contribution in [0.2, 0.25) is 0 Å². The molecule has 0 aromatic carbocycles. The first kappa shape index (κ1) is 16.8. The number of nitrogens with one attached hydrogen (secondary N) is 1. The van der Waals surface area contributed by atoms with Gasteiger partial charge in [0, 0.05) is 37.1 Å². The number of carbonyl (C=O) groups is 2. The molecule has 2 aliphatic heterocycles. The van der Waals surface area contributed by atoms with Crippen LogP contribution in [0.4, 0.5) is 4.79 Å². The molecule has 5 rings (SSSR count). The number of carbonyl (C=O) groups excluding carboxylic acids is 2. The minimum Gasteiger partial charge on any atom is -0.469 e. The summed E-state index contributed by atoms with van der Waals surface area (Å²) < 4.78 is 10.9. The van der Waals surface area contributed by atoms with Crippen molar-refractivity contribution in [1.82, 2.24) is 10.2 Å². The highest BCUT2D eigenvalue weighted by Gasteiger charge is 2.65. The van der Waals surface area contributed by atoms with E-state index in [0.717, 1.165) is 45.4 Å². The van der Waals surface area contributed by atoms with Crippen molar-refractivity contribution in [2.24, 2.45) is 22.7 Å². The van der Waals surface area contributed by atoms with Crippen molar-refractivity contribution < 1.29 is 19.1 Å². The third kappa shape index (κ3) is 2.26. The number of piperidine rings is 1. The third-order valence-corrected chi connectivity index (χ3v) is 8.29. The molecular weight excluding hydrogens is 332 g/mol. The van der Waals surface area contributed by atoms with Gasteiger partial charge >= 0.3 is 12.0 Å². The Morgan fingerprint density at radius 1 is 1.15 bits per heavy atom. The Bertz CT molecular complexity index is 607. The van der Waals surface area contributed by atoms with Crippen LogP contribution in [-0.4, -0.2) is 55.9 Å². The first-order chi connectivity index (χ1) is 12.6. The number of likely N-dealkylation sites (tertiary alicyclic amines) is 1. The van der Waals surface area contributed by atoms with Crippen LogP contribution in [0.3, 0.4) is 0 Å². The van der Waals surface area contributed by atoms with Crippen LogP contribution < -0.4 is 5.32 Å². The predicted molar refractivity (Wildman–Crippen MR) is 94.4 cm³/mol. The van der Waals surface area contributed by atoms with Crippen LogP contribution in [-0.2, 0) is 14.3 Å². The Labute approximate surface area is 155 Å². The van der Waals surface area contributed by atoms with Gasteiger partial charge in [0.1, 0.15) is 0 Å². The molecule has 2 amide bonds. The molecule has 144 valence electrons. The summed E-state index contributed by atoms with van der Waals surface area (Å²) in [6.07, 6.45) is 9.17. The third-order valence-electron chi connectivity index (χ3n) is 8.29. The zero-order valence-electron chi connectivity index (χ0n) is 15.7. The molecule has 26 heavy (non-hydrogen) atoms. The van der Waals surface area contributed by atoms with E-state index in [-0.39, 0.29) is 28.7 Å². The maximum atomic E-state index is 12.9. The Hall–Kier alpha value is -1.30. The number of nitrogens with zero attached hydrogens (tertiary/aromatic N) is 1. The number of fused-ring (bicyclic) bond motifs is 2. The maximum Gasteiger partial charge on any atom is 0.317 e. The highest BCUT2D eigenvalue weighted by Crippen LogP contribution is 2.61. The van der Waals surface area contributed by atoms with Gasteiger partial charge in [0.15, 0.2) is 0 Å². The van der Waals surface area contributed by atoms with Gasteiger partial charge in [-0.15, -0.1) is 0 Å². The van der Waals surface area contributed by atoms with Gasteiger partial charge in [-0.25, -0.2) is 4.79 Å². The fraction of sp³-hybridized carbons (Fsp3) is 0.900. The second-order valence-corrected chi connectivity index (χ2v) is 9.24. The molecule has 0 bridgehead atoms. The van der Waals surface area contributed by atoms with Gasteiger partial charge < -0.3 is 19.7 Å². The molecule has 2 spiro atoms. The quantitative estimate of drug-likeness (QED) is 0.766. The van der Waals surface area contributed by atoms with Gasteiger partial charge in [0.2, 0.25) is 0 Å². The van der Waals surface area contributed by atoms with E-state index in [4.69, 9.17) is 9.47 Å². The van der Waals surface area contributed by atoms with Crippen molar-refractivity contribution >= 4 is 12.0 Å². The molecular formula is C20H30N2O4. The summed E-state index contributed by atoms with van der Waals surface area (Å²) in [5, 5.41) is 3.40. The first-order valence-corrected chi connectivity index (χ1v) is 10.3. The highest BCUT2D eigenvalue weighted by molar-refractivity contribution is 5.78. The molecule has 4 atom stereocenters. The number of methoxy groups -OCH3 is 1. The smallest absolute Gasteiger partial charge is 0.317 e. The Morgan fingerprint density at radius 2 is 1.88 bits per heavy atom. The average molecular weight is 362 g/mol. The molecule has 0 radical (unpaired) electrons. The molecule has 2 saturated heterocycles. The number of esters is 1. The van der Waals surface area contributed by atoms with Gasteiger partial charge in [0.25, 0.3) is 0 Å². The van der Waals surface area contributed by atoms with Gasteiger partial charge in [-0.1, -0.05) is 12.8 Å². The summed E-state index contributed by atoms with van der Waals surface area (Å²) in [4.78, 5) is 26.7. The molecule has 3 saturated carbocycles. The normalized spacial score (nSPS) is 38.7. The Balaban J connectivity index is 1.19. The topological polar surface area (TPSA) is 67.9 Å². The number of hydrogen-bond donors (Lipinski definition) is 1. The number of rotatable bonds is 2. The maximum absolute atomic E-state index is 12.9. The van der Waals surface area contributed by atoms with Crippen LogP contribution in [0.25, 0.3) is 0 Å². The summed E-state index contributed by atoms with van der Waals surface area (Å²) >= 11 is 0. The van der Waals surface area contributed by atoms with E-state index in [0.29, 0.717) is 18.1 Å². The summed E-state index contributed by atoms with van der Waals surface area (Å²) in [6.45, 7) is 2.36. The Kier molecular flexibility index (Phi) is 3.79. The standard InChI is InChI=1S/C20H30N2O4/c1-25-17(23)14-12-19(14)7-9-22(10-8-19)18(24)21-15-13-4-11-26-16(13)20(15)5-2-3-6-20/h13-16H,2-12H2,1H3,(H,21,24). The van der Waals surface area contributed by atoms with E-state index in [1.165, 1.54) is 32.8 Å². The zero-order chi connectivity index (χ0) is 17.9. The van der Waals surface area contributed by atoms with Crippen LogP contribution in [0, 0.1) is 22.7 Å². The van der Waals surface area contributed by atoms with Gasteiger partial charge in [-0.3, -0.25) is 4.79 Å². The predicted octanol–water partition coefficient (Wildman–Crippen LogP) is 2.32. The summed E-state index contributed by atoms with van der Waals surface area (Å²) in [5.74, 6) is 0.496. The van der Waals surface area contributed by atoms with Crippen LogP contribution in [0.1, 0.15) is 51.4 Å². The van der Waals surface area contributed by atoms with Crippen molar-refractivity contribution in [3.8, 4) is 0 Å². The van der Waals surface area contributed by atoms with Crippen molar-refractivity contribution in [3.63, 3.8) is 0 Å². The number of amides is 2. The minimum atomic E-state index is -0.0761. The molecule has 1 N–H and O–H groups in total. The molecule has 2 heterocycles. The molecule has 3 aliphatic carbocycles. The second kappa shape index (κ2) is 5.85. The van der Waals surface area contributed by atoms with Gasteiger partial charge in [-0.05, 0) is 43.9 Å². The largest absolute Gasteiger partial charge is 0.469 e. The molecule has 0 aromatic heterocycles. The summed E-state index contributed by atoms with van der Waals surface area (Å²) in [5.41, 5.74) is 0.317. The van der Waals surface area contributed by atoms with Crippen molar-refractivity contribution in [3.05, 3.63) is 0 Å². The van der Waals surface area contributed by atoms with E-state index in [1.54, 1.807) is 0 Å². The van der Waals surface area contributed by atoms with E-state index in [2.05, 4.69) is 5.32 Å². The lowest BCUT2D eigenvalue weighted by Crippen LogP contribution is -2.69. The van der Waals surface area contributed by atoms with Gasteiger partial charge in [-0.2, -0.15) is 0 Å². The van der Waals surface area contributed by atoms with E-state index in [1.807, 2.05) is 4.90 Å². The van der Waals surface area contributed by atoms with Crippen molar-refractivity contribution in [2.75, 3.05) is 26.8 Å². The van der Waals surface area contributed by atoms with E-state index in [9.17, 15) is 9.59 Å². The van der Waals surface area contributed by atoms with Gasteiger partial charge in [0.05, 0.1) is 19.1 Å². The molecule has 4 unspecified atom stereocenters. The molecule has 5 aliphatic rings. The lowest BCUT2D eigenvalue weighted by Gasteiger charge is -2.57. The summed E-state index contributed by atoms with van der Waals surface area (Å²) in [6, 6.07) is 0.390. The van der Waals surface area contributed by atoms with E-state index >= 15 is 0 Å². The zero-order valence-corrected chi connectivity index (χ0v) is 15.7. The van der Waals surface area contributed by atoms with Crippen LogP contribution in [0.15, 0.2) is 0 Å². The lowest BCUT2D eigenvalue weighted by molar-refractivity contribution is -0.143. The minimum absolute atomic E-state index is 0.0579. The fourth-order valence-corrected chi connectivity index (χ4v) is 6.66. The van der Waals surface area contributed by atoms with Crippen LogP contribution >= 0.6 is 0 Å². The Morgan fingerprint density at radius 3 is 2.58 bits per heavy atom. The first-order valence-electron chi connectivity index (χ1n) is 10.3. The molecule has 6 heteroatoms. The highest BCUT2D eigenvalue weighted by atomic mass is 16.5. The van der Waals surface area contributed by atoms with Crippen LogP contribution in [0.5, 0.6) is 0 Å². The monoisotopic (exact) mass is 362 g/mol. The van der Waals surface area contributed by atoms with E-state index < -0.39 is 0 Å². The summed E-state index contributed by atoms with van der Waals surface area (Å²) in [7, 11) is 1.47.